The molecule has 3 aliphatic rings. The highest BCUT2D eigenvalue weighted by Crippen LogP contribution is 2.26. The van der Waals surface area contributed by atoms with E-state index in [9.17, 15) is 0 Å². The van der Waals surface area contributed by atoms with Crippen molar-refractivity contribution in [3.8, 4) is 12.1 Å². The lowest BCUT2D eigenvalue weighted by molar-refractivity contribution is -1.08. The zero-order valence-electron chi connectivity index (χ0n) is 10.6. The van der Waals surface area contributed by atoms with Gasteiger partial charge in [0.1, 0.15) is 39.3 Å². The molecule has 0 N–H and O–H groups in total. The number of piperazine rings is 3. The molecule has 2 bridgehead atoms. The Labute approximate surface area is 122 Å². The summed E-state index contributed by atoms with van der Waals surface area (Å²) in [6, 6.07) is 4.54. The molecule has 18 heavy (non-hydrogen) atoms. The van der Waals surface area contributed by atoms with Crippen LogP contribution in [0.1, 0.15) is 12.8 Å². The van der Waals surface area contributed by atoms with Crippen LogP contribution in [0.25, 0.3) is 0 Å². The quantitative estimate of drug-likeness (QED) is 0.485. The van der Waals surface area contributed by atoms with Crippen molar-refractivity contribution in [1.82, 2.24) is 0 Å². The van der Waals surface area contributed by atoms with Crippen LogP contribution in [-0.4, -0.2) is 61.3 Å². The van der Waals surface area contributed by atoms with Crippen molar-refractivity contribution in [2.45, 2.75) is 12.8 Å². The largest absolute Gasteiger partial charge is 1.00 e. The molecule has 6 heteroatoms. The van der Waals surface area contributed by atoms with E-state index in [1.54, 1.807) is 0 Å². The van der Waals surface area contributed by atoms with Crippen LogP contribution in [0.15, 0.2) is 0 Å². The van der Waals surface area contributed by atoms with Gasteiger partial charge in [-0.25, -0.2) is 0 Å². The van der Waals surface area contributed by atoms with Gasteiger partial charge in [-0.2, -0.15) is 10.5 Å². The second-order valence-corrected chi connectivity index (χ2v) is 5.29. The number of quaternary nitrogens is 2. The van der Waals surface area contributed by atoms with Gasteiger partial charge in [-0.15, -0.1) is 0 Å². The fourth-order valence-electron chi connectivity index (χ4n) is 3.19. The molecule has 0 aromatic rings. The van der Waals surface area contributed by atoms with Crippen molar-refractivity contribution in [3.05, 3.63) is 0 Å². The molecular weight excluding hydrogens is 271 g/mol. The lowest BCUT2D eigenvalue weighted by atomic mass is 10.1. The van der Waals surface area contributed by atoms with E-state index in [1.165, 1.54) is 48.2 Å². The van der Waals surface area contributed by atoms with Crippen molar-refractivity contribution >= 4 is 0 Å². The Morgan fingerprint density at radius 2 is 0.944 bits per heavy atom. The van der Waals surface area contributed by atoms with Crippen molar-refractivity contribution in [2.75, 3.05) is 52.4 Å². The molecule has 3 aliphatic heterocycles. The Balaban J connectivity index is 0.00000144. The van der Waals surface area contributed by atoms with Gasteiger partial charge in [0.05, 0.1) is 38.1 Å². The molecule has 0 spiro atoms. The third kappa shape index (κ3) is 3.49. The molecule has 3 saturated heterocycles. The minimum atomic E-state index is 0. The second-order valence-electron chi connectivity index (χ2n) is 5.29. The van der Waals surface area contributed by atoms with Gasteiger partial charge in [-0.05, 0) is 0 Å². The topological polar surface area (TPSA) is 47.6 Å². The molecule has 0 aliphatic carbocycles. The Hall–Kier alpha value is -0.520. The summed E-state index contributed by atoms with van der Waals surface area (Å²) >= 11 is 0. The monoisotopic (exact) mass is 290 g/mol. The summed E-state index contributed by atoms with van der Waals surface area (Å²) in [6.45, 7) is 9.37. The first kappa shape index (κ1) is 17.5. The maximum atomic E-state index is 8.69. The van der Waals surface area contributed by atoms with Crippen molar-refractivity contribution < 1.29 is 33.8 Å². The zero-order valence-corrected chi connectivity index (χ0v) is 12.1. The van der Waals surface area contributed by atoms with Crippen LogP contribution >= 0.6 is 0 Å². The average molecular weight is 291 g/mol. The van der Waals surface area contributed by atoms with E-state index in [2.05, 4.69) is 12.1 Å². The highest BCUT2D eigenvalue weighted by Gasteiger charge is 2.48. The number of rotatable bonds is 4. The van der Waals surface area contributed by atoms with Crippen LogP contribution in [0.3, 0.4) is 0 Å². The molecular formula is C12H20Cl2N4. The summed E-state index contributed by atoms with van der Waals surface area (Å²) in [7, 11) is 0. The normalized spacial score (nSPS) is 32.6. The summed E-state index contributed by atoms with van der Waals surface area (Å²) in [5.74, 6) is 0. The van der Waals surface area contributed by atoms with Crippen LogP contribution in [0, 0.1) is 22.7 Å². The van der Waals surface area contributed by atoms with E-state index in [4.69, 9.17) is 10.5 Å². The van der Waals surface area contributed by atoms with Crippen LogP contribution in [0.2, 0.25) is 0 Å². The third-order valence-electron chi connectivity index (χ3n) is 4.54. The van der Waals surface area contributed by atoms with E-state index < -0.39 is 0 Å². The van der Waals surface area contributed by atoms with Crippen LogP contribution in [-0.2, 0) is 0 Å². The molecule has 3 rings (SSSR count). The fourth-order valence-corrected chi connectivity index (χ4v) is 3.19. The highest BCUT2D eigenvalue weighted by molar-refractivity contribution is 4.73. The fraction of sp³-hybridized carbons (Fsp3) is 0.833. The average Bonchev–Trinajstić information content (AvgIpc) is 2.37. The van der Waals surface area contributed by atoms with Crippen LogP contribution in [0.5, 0.6) is 0 Å². The predicted octanol–water partition coefficient (Wildman–Crippen LogP) is -5.52. The lowest BCUT2D eigenvalue weighted by Gasteiger charge is -2.55. The Kier molecular flexibility index (Phi) is 6.96. The van der Waals surface area contributed by atoms with Gasteiger partial charge < -0.3 is 33.8 Å². The maximum Gasteiger partial charge on any atom is 0.129 e. The number of nitrogens with zero attached hydrogens (tertiary/aromatic N) is 4. The molecule has 0 radical (unpaired) electrons. The first-order valence-corrected chi connectivity index (χ1v) is 6.18. The molecule has 0 aromatic carbocycles. The number of hydrogen-bond donors (Lipinski definition) is 0. The lowest BCUT2D eigenvalue weighted by Crippen LogP contribution is -3.00. The summed E-state index contributed by atoms with van der Waals surface area (Å²) in [6.07, 6.45) is 1.39. The van der Waals surface area contributed by atoms with Crippen LogP contribution < -0.4 is 24.8 Å². The Morgan fingerprint density at radius 3 is 1.17 bits per heavy atom. The van der Waals surface area contributed by atoms with Gasteiger partial charge in [0, 0.05) is 0 Å². The van der Waals surface area contributed by atoms with E-state index in [0.717, 1.165) is 13.1 Å². The summed E-state index contributed by atoms with van der Waals surface area (Å²) in [4.78, 5) is 0. The molecule has 0 unspecified atom stereocenters. The summed E-state index contributed by atoms with van der Waals surface area (Å²) in [5.41, 5.74) is 0. The van der Waals surface area contributed by atoms with Gasteiger partial charge >= 0.3 is 0 Å². The van der Waals surface area contributed by atoms with Gasteiger partial charge in [0.2, 0.25) is 0 Å². The summed E-state index contributed by atoms with van der Waals surface area (Å²) < 4.78 is 2.33. The molecule has 4 nitrogen and oxygen atoms in total. The number of halogens is 2. The maximum absolute atomic E-state index is 8.69. The molecule has 0 aromatic heterocycles. The highest BCUT2D eigenvalue weighted by atomic mass is 35.5. The predicted molar refractivity (Wildman–Crippen MR) is 59.9 cm³/mol. The molecule has 0 saturated carbocycles. The smallest absolute Gasteiger partial charge is 0.129 e. The minimum absolute atomic E-state index is 0. The minimum Gasteiger partial charge on any atom is -1.00 e. The SMILES string of the molecule is N#CCC[N+]12CC[N+](CCC#N)(CC1)CC2.[Cl-].[Cl-]. The summed E-state index contributed by atoms with van der Waals surface area (Å²) in [5, 5.41) is 17.4. The first-order valence-electron chi connectivity index (χ1n) is 6.18. The standard InChI is InChI=1S/C12H20N4.2ClH/c13-3-1-5-15-7-10-16(11-8-15,12-9-15)6-2-4-14;;/h1-2,5-12H2;2*1H/q+2;;/p-2. The van der Waals surface area contributed by atoms with E-state index >= 15 is 0 Å². The van der Waals surface area contributed by atoms with Gasteiger partial charge in [-0.1, -0.05) is 0 Å². The molecule has 3 heterocycles. The molecule has 0 atom stereocenters. The Morgan fingerprint density at radius 1 is 0.667 bits per heavy atom. The van der Waals surface area contributed by atoms with Crippen LogP contribution in [0.4, 0.5) is 0 Å². The Bertz CT molecular complexity index is 286. The number of hydrogen-bond acceptors (Lipinski definition) is 2. The first-order chi connectivity index (χ1) is 7.74. The zero-order chi connectivity index (χ0) is 11.5. The van der Waals surface area contributed by atoms with Gasteiger partial charge in [-0.3, -0.25) is 0 Å². The third-order valence-corrected chi connectivity index (χ3v) is 4.54. The molecule has 0 amide bonds. The van der Waals surface area contributed by atoms with E-state index in [0.29, 0.717) is 12.8 Å². The van der Waals surface area contributed by atoms with Crippen molar-refractivity contribution in [2.24, 2.45) is 0 Å². The van der Waals surface area contributed by atoms with Gasteiger partial charge in [0.25, 0.3) is 0 Å². The van der Waals surface area contributed by atoms with Gasteiger partial charge in [0.15, 0.2) is 0 Å². The number of fused-ring (bicyclic) bond motifs is 3. The second kappa shape index (κ2) is 7.16. The van der Waals surface area contributed by atoms with E-state index in [1.807, 2.05) is 0 Å². The number of nitriles is 2. The van der Waals surface area contributed by atoms with Crippen molar-refractivity contribution in [3.63, 3.8) is 0 Å². The van der Waals surface area contributed by atoms with Crippen molar-refractivity contribution in [1.29, 1.82) is 10.5 Å². The molecule has 102 valence electrons. The molecule has 3 fully saturated rings. The van der Waals surface area contributed by atoms with E-state index in [-0.39, 0.29) is 24.8 Å².